The van der Waals surface area contributed by atoms with Crippen molar-refractivity contribution < 1.29 is 4.79 Å². The highest BCUT2D eigenvalue weighted by atomic mass is 32.2. The second-order valence-corrected chi connectivity index (χ2v) is 7.13. The third kappa shape index (κ3) is 3.40. The van der Waals surface area contributed by atoms with Crippen molar-refractivity contribution >= 4 is 34.7 Å². The van der Waals surface area contributed by atoms with E-state index in [9.17, 15) is 4.79 Å². The van der Waals surface area contributed by atoms with E-state index in [2.05, 4.69) is 21.8 Å². The zero-order chi connectivity index (χ0) is 16.2. The first-order chi connectivity index (χ1) is 11.2. The minimum absolute atomic E-state index is 0.0451. The van der Waals surface area contributed by atoms with E-state index < -0.39 is 0 Å². The fourth-order valence-electron chi connectivity index (χ4n) is 2.43. The van der Waals surface area contributed by atoms with Gasteiger partial charge in [-0.15, -0.1) is 21.5 Å². The van der Waals surface area contributed by atoms with Crippen LogP contribution in [-0.2, 0) is 0 Å². The molecule has 3 rings (SSSR count). The molecule has 0 bridgehead atoms. The molecular weight excluding hydrogens is 328 g/mol. The number of nitrogens with zero attached hydrogens (tertiary/aromatic N) is 3. The molecule has 1 amide bonds. The Hall–Kier alpha value is -1.86. The van der Waals surface area contributed by atoms with Gasteiger partial charge in [0.1, 0.15) is 0 Å². The van der Waals surface area contributed by atoms with E-state index >= 15 is 0 Å². The first-order valence-corrected chi connectivity index (χ1v) is 9.61. The molecule has 1 atom stereocenters. The fraction of sp³-hybridized carbons (Fsp3) is 0.312. The molecular formula is C16H18N4OS2. The van der Waals surface area contributed by atoms with Crippen molar-refractivity contribution in [3.8, 4) is 0 Å². The molecule has 0 fully saturated rings. The lowest BCUT2D eigenvalue weighted by Crippen LogP contribution is -2.30. The summed E-state index contributed by atoms with van der Waals surface area (Å²) >= 11 is 3.22. The largest absolute Gasteiger partial charge is 0.341 e. The molecule has 3 heterocycles. The number of hydrogen-bond donors (Lipinski definition) is 1. The maximum Gasteiger partial charge on any atom is 0.262 e. The predicted molar refractivity (Wildman–Crippen MR) is 95.2 cm³/mol. The summed E-state index contributed by atoms with van der Waals surface area (Å²) in [4.78, 5) is 13.3. The number of nitrogens with one attached hydrogen (secondary N) is 1. The highest BCUT2D eigenvalue weighted by Crippen LogP contribution is 2.21. The number of carbonyl (C=O) groups is 1. The lowest BCUT2D eigenvalue weighted by atomic mass is 10.2. The summed E-state index contributed by atoms with van der Waals surface area (Å²) in [6.07, 6.45) is 4.80. The molecule has 0 aromatic carbocycles. The lowest BCUT2D eigenvalue weighted by molar-refractivity contribution is 0.0937. The van der Waals surface area contributed by atoms with Gasteiger partial charge in [0.25, 0.3) is 5.91 Å². The van der Waals surface area contributed by atoms with Crippen molar-refractivity contribution in [3.05, 3.63) is 52.1 Å². The minimum atomic E-state index is -0.158. The third-order valence-electron chi connectivity index (χ3n) is 3.64. The van der Waals surface area contributed by atoms with Gasteiger partial charge in [0.05, 0.1) is 10.9 Å². The molecule has 0 aliphatic heterocycles. The van der Waals surface area contributed by atoms with Crippen LogP contribution in [0.2, 0.25) is 0 Å². The molecule has 1 unspecified atom stereocenters. The van der Waals surface area contributed by atoms with Crippen molar-refractivity contribution in [2.45, 2.75) is 19.4 Å². The molecule has 0 saturated carbocycles. The molecule has 0 aliphatic carbocycles. The number of carbonyl (C=O) groups excluding carboxylic acids is 1. The Balaban J connectivity index is 1.89. The summed E-state index contributed by atoms with van der Waals surface area (Å²) in [6.45, 7) is 1.95. The van der Waals surface area contributed by atoms with E-state index in [1.165, 1.54) is 11.3 Å². The molecule has 0 radical (unpaired) electrons. The van der Waals surface area contributed by atoms with Gasteiger partial charge >= 0.3 is 0 Å². The van der Waals surface area contributed by atoms with Gasteiger partial charge < -0.3 is 5.32 Å². The van der Waals surface area contributed by atoms with Crippen molar-refractivity contribution in [3.63, 3.8) is 0 Å². The standard InChI is InChI=1S/C16H18N4OS2/c1-11-6-10-23-14(11)16(21)17-12(7-9-22-2)15-19-18-13-5-3-4-8-20(13)15/h3-6,8,10,12H,7,9H2,1-2H3,(H,17,21). The van der Waals surface area contributed by atoms with Gasteiger partial charge in [-0.25, -0.2) is 0 Å². The summed E-state index contributed by atoms with van der Waals surface area (Å²) in [6, 6.07) is 7.58. The molecule has 3 aromatic heterocycles. The average molecular weight is 346 g/mol. The van der Waals surface area contributed by atoms with E-state index in [1.54, 1.807) is 11.8 Å². The topological polar surface area (TPSA) is 59.3 Å². The van der Waals surface area contributed by atoms with Gasteiger partial charge in [0.15, 0.2) is 11.5 Å². The summed E-state index contributed by atoms with van der Waals surface area (Å²) in [5.74, 6) is 1.67. The highest BCUT2D eigenvalue weighted by Gasteiger charge is 2.22. The van der Waals surface area contributed by atoms with Crippen LogP contribution >= 0.6 is 23.1 Å². The Morgan fingerprint density at radius 3 is 3.00 bits per heavy atom. The van der Waals surface area contributed by atoms with Crippen molar-refractivity contribution in [1.29, 1.82) is 0 Å². The SMILES string of the molecule is CSCCC(NC(=O)c1sccc1C)c1nnc2ccccn12. The quantitative estimate of drug-likeness (QED) is 0.744. The molecule has 7 heteroatoms. The lowest BCUT2D eigenvalue weighted by Gasteiger charge is -2.17. The number of hydrogen-bond acceptors (Lipinski definition) is 5. The average Bonchev–Trinajstić information content (AvgIpc) is 3.17. The van der Waals surface area contributed by atoms with Crippen LogP contribution in [0.4, 0.5) is 0 Å². The number of amides is 1. The molecule has 3 aromatic rings. The number of pyridine rings is 1. The Bertz CT molecular complexity index is 811. The maximum atomic E-state index is 12.6. The number of fused-ring (bicyclic) bond motifs is 1. The Morgan fingerprint density at radius 2 is 2.26 bits per heavy atom. The smallest absolute Gasteiger partial charge is 0.262 e. The molecule has 5 nitrogen and oxygen atoms in total. The first kappa shape index (κ1) is 16.0. The first-order valence-electron chi connectivity index (χ1n) is 7.34. The van der Waals surface area contributed by atoms with Crippen molar-refractivity contribution in [2.24, 2.45) is 0 Å². The summed E-state index contributed by atoms with van der Waals surface area (Å²) in [7, 11) is 0. The normalized spacial score (nSPS) is 12.4. The Morgan fingerprint density at radius 1 is 1.39 bits per heavy atom. The summed E-state index contributed by atoms with van der Waals surface area (Å²) in [5, 5.41) is 13.6. The second kappa shape index (κ2) is 7.14. The van der Waals surface area contributed by atoms with Crippen LogP contribution in [0.5, 0.6) is 0 Å². The molecule has 23 heavy (non-hydrogen) atoms. The van der Waals surface area contributed by atoms with Gasteiger partial charge in [-0.05, 0) is 54.5 Å². The number of rotatable bonds is 6. The predicted octanol–water partition coefficient (Wildman–Crippen LogP) is 3.32. The van der Waals surface area contributed by atoms with Crippen LogP contribution < -0.4 is 5.32 Å². The van der Waals surface area contributed by atoms with E-state index in [1.807, 2.05) is 47.2 Å². The zero-order valence-corrected chi connectivity index (χ0v) is 14.7. The van der Waals surface area contributed by atoms with Crippen LogP contribution in [0, 0.1) is 6.92 Å². The van der Waals surface area contributed by atoms with E-state index in [4.69, 9.17) is 0 Å². The molecule has 0 saturated heterocycles. The van der Waals surface area contributed by atoms with Gasteiger partial charge in [0, 0.05) is 6.20 Å². The monoisotopic (exact) mass is 346 g/mol. The van der Waals surface area contributed by atoms with Gasteiger partial charge in [0.2, 0.25) is 0 Å². The third-order valence-corrected chi connectivity index (χ3v) is 5.30. The Labute approximate surface area is 143 Å². The molecule has 0 aliphatic rings. The second-order valence-electron chi connectivity index (χ2n) is 5.23. The van der Waals surface area contributed by atoms with Crippen molar-refractivity contribution in [1.82, 2.24) is 19.9 Å². The van der Waals surface area contributed by atoms with Crippen LogP contribution in [0.1, 0.15) is 33.5 Å². The number of aryl methyl sites for hydroxylation is 1. The number of aromatic nitrogens is 3. The van der Waals surface area contributed by atoms with Crippen LogP contribution in [0.3, 0.4) is 0 Å². The number of thioether (sulfide) groups is 1. The summed E-state index contributed by atoms with van der Waals surface area (Å²) in [5.41, 5.74) is 1.79. The van der Waals surface area contributed by atoms with E-state index in [-0.39, 0.29) is 11.9 Å². The summed E-state index contributed by atoms with van der Waals surface area (Å²) < 4.78 is 1.94. The van der Waals surface area contributed by atoms with Crippen LogP contribution in [-0.4, -0.2) is 32.5 Å². The van der Waals surface area contributed by atoms with Crippen LogP contribution in [0.15, 0.2) is 35.8 Å². The van der Waals surface area contributed by atoms with Gasteiger partial charge in [-0.1, -0.05) is 6.07 Å². The van der Waals surface area contributed by atoms with E-state index in [0.717, 1.165) is 34.1 Å². The van der Waals surface area contributed by atoms with Crippen LogP contribution in [0.25, 0.3) is 5.65 Å². The highest BCUT2D eigenvalue weighted by molar-refractivity contribution is 7.98. The minimum Gasteiger partial charge on any atom is -0.341 e. The fourth-order valence-corrected chi connectivity index (χ4v) is 3.73. The number of thiophene rings is 1. The van der Waals surface area contributed by atoms with Crippen molar-refractivity contribution in [2.75, 3.05) is 12.0 Å². The molecule has 0 spiro atoms. The van der Waals surface area contributed by atoms with Gasteiger partial charge in [-0.2, -0.15) is 11.8 Å². The zero-order valence-electron chi connectivity index (χ0n) is 13.0. The molecule has 120 valence electrons. The van der Waals surface area contributed by atoms with E-state index in [0.29, 0.717) is 0 Å². The van der Waals surface area contributed by atoms with Gasteiger partial charge in [-0.3, -0.25) is 9.20 Å². The molecule has 1 N–H and O–H groups in total. The maximum absolute atomic E-state index is 12.6. The Kier molecular flexibility index (Phi) is 4.97.